The highest BCUT2D eigenvalue weighted by molar-refractivity contribution is 6.31. The summed E-state index contributed by atoms with van der Waals surface area (Å²) in [4.78, 5) is 16.9. The smallest absolute Gasteiger partial charge is 0.345 e. The fourth-order valence-corrected chi connectivity index (χ4v) is 1.14. The van der Waals surface area contributed by atoms with E-state index in [4.69, 9.17) is 16.3 Å². The second kappa shape index (κ2) is 2.88. The topological polar surface area (TPSA) is 58.3 Å². The fourth-order valence-electron chi connectivity index (χ4n) is 0.961. The summed E-state index contributed by atoms with van der Waals surface area (Å²) >= 11 is 5.78. The highest BCUT2D eigenvalue weighted by Crippen LogP contribution is 2.18. The summed E-state index contributed by atoms with van der Waals surface area (Å²) in [6, 6.07) is 0. The van der Waals surface area contributed by atoms with Crippen molar-refractivity contribution in [2.24, 2.45) is 0 Å². The number of halogens is 1. The van der Waals surface area contributed by atoms with Gasteiger partial charge in [-0.15, -0.1) is 0 Å². The Morgan fingerprint density at radius 3 is 3.25 bits per heavy atom. The van der Waals surface area contributed by atoms with Crippen LogP contribution in [0.2, 0.25) is 5.02 Å². The van der Waals surface area contributed by atoms with Gasteiger partial charge in [0.2, 0.25) is 0 Å². The van der Waals surface area contributed by atoms with Crippen molar-refractivity contribution in [3.05, 3.63) is 27.4 Å². The number of nitrogens with one attached hydrogen (secondary N) is 1. The molecule has 0 radical (unpaired) electrons. The molecule has 12 heavy (non-hydrogen) atoms. The van der Waals surface area contributed by atoms with Crippen LogP contribution in [0.3, 0.4) is 0 Å². The summed E-state index contributed by atoms with van der Waals surface area (Å²) in [5.74, 6) is 0. The van der Waals surface area contributed by atoms with Crippen LogP contribution >= 0.6 is 11.6 Å². The number of aromatic amines is 1. The van der Waals surface area contributed by atoms with E-state index in [0.29, 0.717) is 17.1 Å². The summed E-state index contributed by atoms with van der Waals surface area (Å²) in [6.45, 7) is 0.741. The van der Waals surface area contributed by atoms with Gasteiger partial charge in [0.25, 0.3) is 0 Å². The normalized spacial score (nSPS) is 20.9. The number of hydrogen-bond acceptors (Lipinski definition) is 3. The van der Waals surface area contributed by atoms with Crippen molar-refractivity contribution in [2.75, 3.05) is 6.61 Å². The van der Waals surface area contributed by atoms with Gasteiger partial charge in [0.15, 0.2) is 0 Å². The molecule has 1 saturated heterocycles. The minimum absolute atomic E-state index is 0.205. The van der Waals surface area contributed by atoms with Gasteiger partial charge < -0.3 is 9.72 Å². The average molecular weight is 187 g/mol. The van der Waals surface area contributed by atoms with Crippen LogP contribution in [0.4, 0.5) is 0 Å². The molecule has 1 fully saturated rings. The lowest BCUT2D eigenvalue weighted by Crippen LogP contribution is -2.13. The highest BCUT2D eigenvalue weighted by atomic mass is 35.5. The van der Waals surface area contributed by atoms with Crippen molar-refractivity contribution < 1.29 is 4.74 Å². The van der Waals surface area contributed by atoms with Crippen LogP contribution in [-0.2, 0) is 11.2 Å². The first kappa shape index (κ1) is 7.76. The molecular weight excluding hydrogens is 180 g/mol. The SMILES string of the molecule is O=c1nc(CC2CO2)c(Cl)c[nH]1. The van der Waals surface area contributed by atoms with E-state index in [1.165, 1.54) is 6.20 Å². The first-order valence-corrected chi connectivity index (χ1v) is 3.99. The molecule has 0 bridgehead atoms. The zero-order chi connectivity index (χ0) is 8.55. The molecule has 1 unspecified atom stereocenters. The van der Waals surface area contributed by atoms with Gasteiger partial charge in [0, 0.05) is 12.6 Å². The van der Waals surface area contributed by atoms with Crippen LogP contribution in [0.25, 0.3) is 0 Å². The molecule has 2 heterocycles. The third-order valence-corrected chi connectivity index (χ3v) is 1.99. The standard InChI is InChI=1S/C7H7ClN2O2/c8-5-2-9-7(11)10-6(5)1-4-3-12-4/h2,4H,1,3H2,(H,9,10,11). The van der Waals surface area contributed by atoms with E-state index in [1.54, 1.807) is 0 Å². The highest BCUT2D eigenvalue weighted by Gasteiger charge is 2.24. The van der Waals surface area contributed by atoms with Gasteiger partial charge in [-0.25, -0.2) is 4.79 Å². The lowest BCUT2D eigenvalue weighted by atomic mass is 10.2. The monoisotopic (exact) mass is 186 g/mol. The van der Waals surface area contributed by atoms with Gasteiger partial charge in [-0.05, 0) is 0 Å². The van der Waals surface area contributed by atoms with E-state index in [1.807, 2.05) is 0 Å². The lowest BCUT2D eigenvalue weighted by Gasteiger charge is -1.97. The van der Waals surface area contributed by atoms with Gasteiger partial charge in [-0.1, -0.05) is 11.6 Å². The fraction of sp³-hybridized carbons (Fsp3) is 0.429. The molecule has 1 aromatic heterocycles. The number of aromatic nitrogens is 2. The average Bonchev–Trinajstić information content (AvgIpc) is 2.81. The van der Waals surface area contributed by atoms with Crippen LogP contribution in [0.15, 0.2) is 11.0 Å². The zero-order valence-electron chi connectivity index (χ0n) is 6.21. The maximum atomic E-state index is 10.8. The number of epoxide rings is 1. The number of ether oxygens (including phenoxy) is 1. The molecule has 0 saturated carbocycles. The third-order valence-electron chi connectivity index (χ3n) is 1.66. The molecule has 1 aliphatic heterocycles. The number of rotatable bonds is 2. The molecule has 1 atom stereocenters. The van der Waals surface area contributed by atoms with Crippen LogP contribution in [-0.4, -0.2) is 22.7 Å². The van der Waals surface area contributed by atoms with E-state index in [-0.39, 0.29) is 11.8 Å². The largest absolute Gasteiger partial charge is 0.373 e. The number of H-pyrrole nitrogens is 1. The maximum absolute atomic E-state index is 10.8. The van der Waals surface area contributed by atoms with Crippen molar-refractivity contribution in [3.63, 3.8) is 0 Å². The molecular formula is C7H7ClN2O2. The Kier molecular flexibility index (Phi) is 1.86. The molecule has 64 valence electrons. The summed E-state index contributed by atoms with van der Waals surface area (Å²) in [6.07, 6.45) is 2.29. The minimum atomic E-state index is -0.366. The van der Waals surface area contributed by atoms with E-state index < -0.39 is 0 Å². The Balaban J connectivity index is 2.27. The lowest BCUT2D eigenvalue weighted by molar-refractivity contribution is 0.406. The molecule has 0 amide bonds. The minimum Gasteiger partial charge on any atom is -0.373 e. The Morgan fingerprint density at radius 2 is 2.58 bits per heavy atom. The van der Waals surface area contributed by atoms with Gasteiger partial charge >= 0.3 is 5.69 Å². The van der Waals surface area contributed by atoms with Crippen molar-refractivity contribution in [1.82, 2.24) is 9.97 Å². The van der Waals surface area contributed by atoms with E-state index in [9.17, 15) is 4.79 Å². The van der Waals surface area contributed by atoms with Crippen LogP contribution < -0.4 is 5.69 Å². The molecule has 0 aromatic carbocycles. The van der Waals surface area contributed by atoms with Crippen LogP contribution in [0.5, 0.6) is 0 Å². The second-order valence-corrected chi connectivity index (χ2v) is 3.07. The second-order valence-electron chi connectivity index (χ2n) is 2.66. The molecule has 1 aromatic rings. The first-order valence-electron chi connectivity index (χ1n) is 3.61. The van der Waals surface area contributed by atoms with Crippen molar-refractivity contribution in [1.29, 1.82) is 0 Å². The summed E-state index contributed by atoms with van der Waals surface area (Å²) in [5.41, 5.74) is 0.248. The molecule has 5 heteroatoms. The van der Waals surface area contributed by atoms with Gasteiger partial charge in [0.05, 0.1) is 23.4 Å². The maximum Gasteiger partial charge on any atom is 0.345 e. The van der Waals surface area contributed by atoms with Crippen LogP contribution in [0.1, 0.15) is 5.69 Å². The zero-order valence-corrected chi connectivity index (χ0v) is 6.97. The van der Waals surface area contributed by atoms with E-state index in [0.717, 1.165) is 6.61 Å². The molecule has 1 N–H and O–H groups in total. The van der Waals surface area contributed by atoms with Gasteiger partial charge in [-0.2, -0.15) is 4.98 Å². The first-order chi connectivity index (χ1) is 5.75. The van der Waals surface area contributed by atoms with E-state index in [2.05, 4.69) is 9.97 Å². The molecule has 2 rings (SSSR count). The van der Waals surface area contributed by atoms with Crippen molar-refractivity contribution in [2.45, 2.75) is 12.5 Å². The molecule has 1 aliphatic rings. The van der Waals surface area contributed by atoms with Crippen molar-refractivity contribution in [3.8, 4) is 0 Å². The Hall–Kier alpha value is -0.870. The van der Waals surface area contributed by atoms with E-state index >= 15 is 0 Å². The summed E-state index contributed by atoms with van der Waals surface area (Å²) in [7, 11) is 0. The van der Waals surface area contributed by atoms with Gasteiger partial charge in [-0.3, -0.25) is 0 Å². The van der Waals surface area contributed by atoms with Crippen LogP contribution in [0, 0.1) is 0 Å². The predicted molar refractivity (Wildman–Crippen MR) is 43.3 cm³/mol. The third kappa shape index (κ3) is 1.65. The molecule has 4 nitrogen and oxygen atoms in total. The Bertz CT molecular complexity index is 346. The Labute approximate surface area is 73.5 Å². The quantitative estimate of drug-likeness (QED) is 0.679. The number of nitrogens with zero attached hydrogens (tertiary/aromatic N) is 1. The predicted octanol–water partition coefficient (Wildman–Crippen LogP) is 0.365. The Morgan fingerprint density at radius 1 is 1.83 bits per heavy atom. The summed E-state index contributed by atoms with van der Waals surface area (Å²) < 4.78 is 5.00. The molecule has 0 aliphatic carbocycles. The molecule has 0 spiro atoms. The van der Waals surface area contributed by atoms with Gasteiger partial charge in [0.1, 0.15) is 0 Å². The van der Waals surface area contributed by atoms with Crippen molar-refractivity contribution >= 4 is 11.6 Å². The number of hydrogen-bond donors (Lipinski definition) is 1. The summed E-state index contributed by atoms with van der Waals surface area (Å²) in [5, 5.41) is 0.491.